The number of phenols is 1. The van der Waals surface area contributed by atoms with Crippen molar-refractivity contribution in [3.05, 3.63) is 59.7 Å². The normalized spacial score (nSPS) is 26.4. The zero-order valence-electron chi connectivity index (χ0n) is 14.3. The number of rotatable bonds is 3. The molecule has 2 aromatic rings. The van der Waals surface area contributed by atoms with E-state index in [0.29, 0.717) is 11.7 Å². The standard InChI is InChI=1S/C21H26N2O/c1-2-21(20-12-7-16-5-3-4-6-19(16)20)15-22-13-14-23(21)17-8-10-18(24)11-9-17/h3-6,8-11,20,22,24H,2,7,12-15H2,1H3. The minimum Gasteiger partial charge on any atom is -0.508 e. The Morgan fingerprint density at radius 1 is 1.17 bits per heavy atom. The van der Waals surface area contributed by atoms with Crippen LogP contribution < -0.4 is 10.2 Å². The fourth-order valence-electron chi connectivity index (χ4n) is 4.82. The number of nitrogens with zero attached hydrogens (tertiary/aromatic N) is 1. The first-order chi connectivity index (χ1) is 11.7. The van der Waals surface area contributed by atoms with Gasteiger partial charge in [0.15, 0.2) is 0 Å². The second-order valence-electron chi connectivity index (χ2n) is 7.09. The van der Waals surface area contributed by atoms with Gasteiger partial charge in [0.2, 0.25) is 0 Å². The van der Waals surface area contributed by atoms with Gasteiger partial charge in [0.1, 0.15) is 5.75 Å². The van der Waals surface area contributed by atoms with Crippen LogP contribution >= 0.6 is 0 Å². The molecule has 0 aromatic heterocycles. The van der Waals surface area contributed by atoms with E-state index in [1.165, 1.54) is 29.7 Å². The first-order valence-electron chi connectivity index (χ1n) is 9.10. The van der Waals surface area contributed by atoms with E-state index in [1.54, 1.807) is 12.1 Å². The Morgan fingerprint density at radius 3 is 2.75 bits per heavy atom. The number of hydrogen-bond acceptors (Lipinski definition) is 3. The average Bonchev–Trinajstić information content (AvgIpc) is 3.07. The fourth-order valence-corrected chi connectivity index (χ4v) is 4.82. The Labute approximate surface area is 144 Å². The van der Waals surface area contributed by atoms with E-state index in [-0.39, 0.29) is 5.54 Å². The van der Waals surface area contributed by atoms with Gasteiger partial charge in [0.25, 0.3) is 0 Å². The molecule has 1 saturated heterocycles. The lowest BCUT2D eigenvalue weighted by molar-refractivity contribution is 0.261. The van der Waals surface area contributed by atoms with Crippen LogP contribution in [0.25, 0.3) is 0 Å². The highest BCUT2D eigenvalue weighted by Gasteiger charge is 2.46. The quantitative estimate of drug-likeness (QED) is 0.905. The lowest BCUT2D eigenvalue weighted by Crippen LogP contribution is -2.64. The molecule has 1 heterocycles. The highest BCUT2D eigenvalue weighted by Crippen LogP contribution is 2.47. The predicted octanol–water partition coefficient (Wildman–Crippen LogP) is 3.68. The van der Waals surface area contributed by atoms with Gasteiger partial charge in [0.05, 0.1) is 5.54 Å². The molecule has 0 spiro atoms. The molecule has 2 aromatic carbocycles. The van der Waals surface area contributed by atoms with Crippen LogP contribution in [0, 0.1) is 0 Å². The third-order valence-corrected chi connectivity index (χ3v) is 6.04. The number of nitrogens with one attached hydrogen (secondary N) is 1. The number of phenolic OH excluding ortho intramolecular Hbond substituents is 1. The number of fused-ring (bicyclic) bond motifs is 1. The molecule has 3 heteroatoms. The van der Waals surface area contributed by atoms with Gasteiger partial charge < -0.3 is 15.3 Å². The van der Waals surface area contributed by atoms with Crippen LogP contribution in [0.1, 0.15) is 36.8 Å². The Hall–Kier alpha value is -2.00. The van der Waals surface area contributed by atoms with Crippen molar-refractivity contribution < 1.29 is 5.11 Å². The summed E-state index contributed by atoms with van der Waals surface area (Å²) in [5, 5.41) is 13.3. The van der Waals surface area contributed by atoms with Crippen molar-refractivity contribution in [2.75, 3.05) is 24.5 Å². The van der Waals surface area contributed by atoms with Crippen molar-refractivity contribution in [1.29, 1.82) is 0 Å². The van der Waals surface area contributed by atoms with Gasteiger partial charge in [0, 0.05) is 31.2 Å². The van der Waals surface area contributed by atoms with Crippen molar-refractivity contribution in [1.82, 2.24) is 5.32 Å². The van der Waals surface area contributed by atoms with Crippen LogP contribution in [0.4, 0.5) is 5.69 Å². The van der Waals surface area contributed by atoms with Gasteiger partial charge in [-0.25, -0.2) is 0 Å². The van der Waals surface area contributed by atoms with Gasteiger partial charge in [-0.3, -0.25) is 0 Å². The van der Waals surface area contributed by atoms with E-state index in [2.05, 4.69) is 53.5 Å². The van der Waals surface area contributed by atoms with Gasteiger partial charge in [-0.2, -0.15) is 0 Å². The van der Waals surface area contributed by atoms with Gasteiger partial charge in [-0.15, -0.1) is 0 Å². The summed E-state index contributed by atoms with van der Waals surface area (Å²) < 4.78 is 0. The van der Waals surface area contributed by atoms with Crippen LogP contribution in [0.15, 0.2) is 48.5 Å². The lowest BCUT2D eigenvalue weighted by atomic mass is 9.75. The monoisotopic (exact) mass is 322 g/mol. The summed E-state index contributed by atoms with van der Waals surface area (Å²) in [6.07, 6.45) is 3.52. The topological polar surface area (TPSA) is 35.5 Å². The maximum atomic E-state index is 9.65. The highest BCUT2D eigenvalue weighted by molar-refractivity contribution is 5.54. The summed E-state index contributed by atoms with van der Waals surface area (Å²) in [5.74, 6) is 0.891. The summed E-state index contributed by atoms with van der Waals surface area (Å²) >= 11 is 0. The Balaban J connectivity index is 1.77. The molecule has 126 valence electrons. The summed E-state index contributed by atoms with van der Waals surface area (Å²) in [6.45, 7) is 5.36. The third-order valence-electron chi connectivity index (χ3n) is 6.04. The lowest BCUT2D eigenvalue weighted by Gasteiger charge is -2.52. The minimum absolute atomic E-state index is 0.0990. The predicted molar refractivity (Wildman–Crippen MR) is 98.8 cm³/mol. The molecule has 2 N–H and O–H groups in total. The Bertz CT molecular complexity index is 712. The molecule has 1 aliphatic carbocycles. The SMILES string of the molecule is CCC1(C2CCc3ccccc32)CNCCN1c1ccc(O)cc1. The van der Waals surface area contributed by atoms with Crippen molar-refractivity contribution in [2.24, 2.45) is 0 Å². The van der Waals surface area contributed by atoms with E-state index in [9.17, 15) is 5.11 Å². The minimum atomic E-state index is 0.0990. The molecule has 4 rings (SSSR count). The molecule has 1 fully saturated rings. The summed E-state index contributed by atoms with van der Waals surface area (Å²) in [6, 6.07) is 16.7. The van der Waals surface area contributed by atoms with Crippen LogP contribution in [0.3, 0.4) is 0 Å². The smallest absolute Gasteiger partial charge is 0.115 e. The molecular weight excluding hydrogens is 296 g/mol. The average molecular weight is 322 g/mol. The number of aromatic hydroxyl groups is 1. The second kappa shape index (κ2) is 6.14. The number of benzene rings is 2. The van der Waals surface area contributed by atoms with Crippen molar-refractivity contribution in [3.8, 4) is 5.75 Å². The maximum absolute atomic E-state index is 9.65. The van der Waals surface area contributed by atoms with Crippen LogP contribution in [-0.2, 0) is 6.42 Å². The number of anilines is 1. The van der Waals surface area contributed by atoms with Gasteiger partial charge in [-0.1, -0.05) is 31.2 Å². The van der Waals surface area contributed by atoms with E-state index >= 15 is 0 Å². The van der Waals surface area contributed by atoms with Crippen LogP contribution in [0.5, 0.6) is 5.75 Å². The van der Waals surface area contributed by atoms with Crippen molar-refractivity contribution in [2.45, 2.75) is 37.6 Å². The maximum Gasteiger partial charge on any atom is 0.115 e. The van der Waals surface area contributed by atoms with Gasteiger partial charge in [-0.05, 0) is 54.7 Å². The molecule has 0 amide bonds. The number of hydrogen-bond donors (Lipinski definition) is 2. The van der Waals surface area contributed by atoms with Crippen molar-refractivity contribution >= 4 is 5.69 Å². The van der Waals surface area contributed by atoms with Crippen LogP contribution in [-0.4, -0.2) is 30.3 Å². The molecule has 0 saturated carbocycles. The van der Waals surface area contributed by atoms with E-state index in [4.69, 9.17) is 0 Å². The number of aryl methyl sites for hydroxylation is 1. The molecule has 24 heavy (non-hydrogen) atoms. The Kier molecular flexibility index (Phi) is 3.97. The zero-order valence-corrected chi connectivity index (χ0v) is 14.3. The van der Waals surface area contributed by atoms with Crippen molar-refractivity contribution in [3.63, 3.8) is 0 Å². The third kappa shape index (κ3) is 2.39. The Morgan fingerprint density at radius 2 is 1.96 bits per heavy atom. The molecule has 2 atom stereocenters. The largest absolute Gasteiger partial charge is 0.508 e. The molecule has 0 bridgehead atoms. The van der Waals surface area contributed by atoms with E-state index < -0.39 is 0 Å². The zero-order chi connectivity index (χ0) is 16.6. The molecule has 1 aliphatic heterocycles. The highest BCUT2D eigenvalue weighted by atomic mass is 16.3. The van der Waals surface area contributed by atoms with E-state index in [1.807, 2.05) is 0 Å². The molecule has 2 aliphatic rings. The second-order valence-corrected chi connectivity index (χ2v) is 7.09. The summed E-state index contributed by atoms with van der Waals surface area (Å²) in [4.78, 5) is 2.59. The first-order valence-corrected chi connectivity index (χ1v) is 9.10. The summed E-state index contributed by atoms with van der Waals surface area (Å²) in [7, 11) is 0. The fraction of sp³-hybridized carbons (Fsp3) is 0.429. The van der Waals surface area contributed by atoms with Crippen LogP contribution in [0.2, 0.25) is 0 Å². The molecule has 3 nitrogen and oxygen atoms in total. The first kappa shape index (κ1) is 15.5. The number of piperazine rings is 1. The molecule has 2 unspecified atom stereocenters. The van der Waals surface area contributed by atoms with Gasteiger partial charge >= 0.3 is 0 Å². The summed E-state index contributed by atoms with van der Waals surface area (Å²) in [5.41, 5.74) is 4.38. The molecule has 0 radical (unpaired) electrons. The molecular formula is C21H26N2O. The van der Waals surface area contributed by atoms with E-state index in [0.717, 1.165) is 26.1 Å².